The van der Waals surface area contributed by atoms with Crippen LogP contribution in [0.15, 0.2) is 42.5 Å². The predicted octanol–water partition coefficient (Wildman–Crippen LogP) is 2.04. The van der Waals surface area contributed by atoms with Crippen molar-refractivity contribution in [1.29, 1.82) is 0 Å². The lowest BCUT2D eigenvalue weighted by Crippen LogP contribution is -2.36. The van der Waals surface area contributed by atoms with Crippen LogP contribution in [-0.4, -0.2) is 49.6 Å². The van der Waals surface area contributed by atoms with Crippen molar-refractivity contribution in [2.75, 3.05) is 43.1 Å². The Balaban J connectivity index is 1.48. The number of nitro benzene ring substituents is 1. The summed E-state index contributed by atoms with van der Waals surface area (Å²) in [6.45, 7) is 5.19. The molecule has 0 atom stereocenters. The lowest BCUT2D eigenvalue weighted by atomic mass is 10.1. The zero-order valence-corrected chi connectivity index (χ0v) is 16.7. The Morgan fingerprint density at radius 1 is 1.10 bits per heavy atom. The summed E-state index contributed by atoms with van der Waals surface area (Å²) in [5, 5.41) is 15.9. The third-order valence-electron chi connectivity index (χ3n) is 4.90. The second kappa shape index (κ2) is 9.84. The SMILES string of the molecule is Cc1ccc([N+](=O)[O-])cc1NC(=O)C(=O)NCCc1ccc(N2CCOCC2)cc1. The van der Waals surface area contributed by atoms with E-state index in [1.54, 1.807) is 6.92 Å². The van der Waals surface area contributed by atoms with Crippen molar-refractivity contribution in [1.82, 2.24) is 5.32 Å². The van der Waals surface area contributed by atoms with Crippen LogP contribution in [0, 0.1) is 17.0 Å². The van der Waals surface area contributed by atoms with Crippen LogP contribution < -0.4 is 15.5 Å². The molecular weight excluding hydrogens is 388 g/mol. The van der Waals surface area contributed by atoms with Crippen molar-refractivity contribution < 1.29 is 19.2 Å². The molecule has 0 unspecified atom stereocenters. The Morgan fingerprint density at radius 2 is 1.80 bits per heavy atom. The van der Waals surface area contributed by atoms with Gasteiger partial charge in [-0.3, -0.25) is 19.7 Å². The number of aryl methyl sites for hydroxylation is 1. The topological polar surface area (TPSA) is 114 Å². The quantitative estimate of drug-likeness (QED) is 0.426. The summed E-state index contributed by atoms with van der Waals surface area (Å²) in [6.07, 6.45) is 0.582. The standard InChI is InChI=1S/C21H24N4O5/c1-15-2-5-18(25(28)29)14-19(15)23-21(27)20(26)22-9-8-16-3-6-17(7-4-16)24-10-12-30-13-11-24/h2-7,14H,8-13H2,1H3,(H,22,26)(H,23,27). The average Bonchev–Trinajstić information content (AvgIpc) is 2.76. The number of non-ortho nitro benzene ring substituents is 1. The summed E-state index contributed by atoms with van der Waals surface area (Å²) in [5.74, 6) is -1.65. The van der Waals surface area contributed by atoms with Crippen molar-refractivity contribution in [3.63, 3.8) is 0 Å². The summed E-state index contributed by atoms with van der Waals surface area (Å²) < 4.78 is 5.36. The first-order valence-corrected chi connectivity index (χ1v) is 9.70. The maximum absolute atomic E-state index is 12.1. The molecule has 0 saturated carbocycles. The lowest BCUT2D eigenvalue weighted by molar-refractivity contribution is -0.384. The van der Waals surface area contributed by atoms with Crippen molar-refractivity contribution in [3.8, 4) is 0 Å². The summed E-state index contributed by atoms with van der Waals surface area (Å²) >= 11 is 0. The van der Waals surface area contributed by atoms with E-state index in [1.165, 1.54) is 18.2 Å². The van der Waals surface area contributed by atoms with Crippen LogP contribution in [0.25, 0.3) is 0 Å². The van der Waals surface area contributed by atoms with Gasteiger partial charge in [-0.25, -0.2) is 0 Å². The molecule has 0 aliphatic carbocycles. The van der Waals surface area contributed by atoms with E-state index in [0.29, 0.717) is 18.5 Å². The summed E-state index contributed by atoms with van der Waals surface area (Å²) in [6, 6.07) is 12.2. The van der Waals surface area contributed by atoms with Gasteiger partial charge in [0.25, 0.3) is 5.69 Å². The molecule has 158 valence electrons. The maximum atomic E-state index is 12.1. The fourth-order valence-electron chi connectivity index (χ4n) is 3.13. The fourth-order valence-corrected chi connectivity index (χ4v) is 3.13. The maximum Gasteiger partial charge on any atom is 0.313 e. The number of benzene rings is 2. The summed E-state index contributed by atoms with van der Waals surface area (Å²) in [7, 11) is 0. The second-order valence-electron chi connectivity index (χ2n) is 6.98. The first-order valence-electron chi connectivity index (χ1n) is 9.70. The van der Waals surface area contributed by atoms with Crippen LogP contribution in [0.5, 0.6) is 0 Å². The van der Waals surface area contributed by atoms with Crippen LogP contribution >= 0.6 is 0 Å². The third kappa shape index (κ3) is 5.54. The number of amides is 2. The van der Waals surface area contributed by atoms with Crippen LogP contribution in [-0.2, 0) is 20.7 Å². The summed E-state index contributed by atoms with van der Waals surface area (Å²) in [4.78, 5) is 36.7. The van der Waals surface area contributed by atoms with E-state index >= 15 is 0 Å². The molecule has 2 aromatic rings. The lowest BCUT2D eigenvalue weighted by Gasteiger charge is -2.28. The van der Waals surface area contributed by atoms with E-state index in [1.807, 2.05) is 24.3 Å². The number of ether oxygens (including phenoxy) is 1. The number of hydrogen-bond donors (Lipinski definition) is 2. The van der Waals surface area contributed by atoms with Crippen LogP contribution in [0.4, 0.5) is 17.1 Å². The van der Waals surface area contributed by atoms with Gasteiger partial charge in [0.05, 0.1) is 23.8 Å². The largest absolute Gasteiger partial charge is 0.378 e. The molecule has 0 spiro atoms. The number of rotatable bonds is 6. The average molecular weight is 412 g/mol. The fraction of sp³-hybridized carbons (Fsp3) is 0.333. The molecule has 0 bridgehead atoms. The Kier molecular flexibility index (Phi) is 6.97. The highest BCUT2D eigenvalue weighted by Crippen LogP contribution is 2.21. The second-order valence-corrected chi connectivity index (χ2v) is 6.98. The Labute approximate surface area is 174 Å². The zero-order chi connectivity index (χ0) is 21.5. The van der Waals surface area contributed by atoms with Gasteiger partial charge in [0.1, 0.15) is 0 Å². The molecule has 9 nitrogen and oxygen atoms in total. The number of nitrogens with zero attached hydrogens (tertiary/aromatic N) is 2. The van der Waals surface area contributed by atoms with E-state index in [9.17, 15) is 19.7 Å². The number of morpholine rings is 1. The van der Waals surface area contributed by atoms with Crippen LogP contribution in [0.2, 0.25) is 0 Å². The number of carbonyl (C=O) groups is 2. The smallest absolute Gasteiger partial charge is 0.313 e. The molecule has 30 heavy (non-hydrogen) atoms. The summed E-state index contributed by atoms with van der Waals surface area (Å²) in [5.41, 5.74) is 2.89. The number of nitrogens with one attached hydrogen (secondary N) is 2. The molecule has 9 heteroatoms. The van der Waals surface area contributed by atoms with Gasteiger partial charge in [-0.2, -0.15) is 0 Å². The Hall–Kier alpha value is -3.46. The van der Waals surface area contributed by atoms with Crippen molar-refractivity contribution in [2.45, 2.75) is 13.3 Å². The molecule has 2 N–H and O–H groups in total. The van der Waals surface area contributed by atoms with Gasteiger partial charge in [-0.1, -0.05) is 18.2 Å². The van der Waals surface area contributed by atoms with Gasteiger partial charge in [-0.05, 0) is 36.6 Å². The third-order valence-corrected chi connectivity index (χ3v) is 4.90. The van der Waals surface area contributed by atoms with E-state index in [0.717, 1.165) is 37.6 Å². The molecular formula is C21H24N4O5. The minimum atomic E-state index is -0.860. The molecule has 2 aromatic carbocycles. The van der Waals surface area contributed by atoms with Gasteiger partial charge in [-0.15, -0.1) is 0 Å². The number of anilines is 2. The van der Waals surface area contributed by atoms with Gasteiger partial charge in [0, 0.05) is 37.5 Å². The van der Waals surface area contributed by atoms with Crippen molar-refractivity contribution >= 4 is 28.9 Å². The van der Waals surface area contributed by atoms with Crippen molar-refractivity contribution in [3.05, 3.63) is 63.7 Å². The van der Waals surface area contributed by atoms with E-state index < -0.39 is 16.7 Å². The normalized spacial score (nSPS) is 13.6. The van der Waals surface area contributed by atoms with E-state index in [2.05, 4.69) is 15.5 Å². The highest BCUT2D eigenvalue weighted by molar-refractivity contribution is 6.39. The minimum Gasteiger partial charge on any atom is -0.378 e. The van der Waals surface area contributed by atoms with E-state index in [4.69, 9.17) is 4.74 Å². The molecule has 1 fully saturated rings. The first kappa shape index (κ1) is 21.3. The molecule has 3 rings (SSSR count). The highest BCUT2D eigenvalue weighted by Gasteiger charge is 2.16. The first-order chi connectivity index (χ1) is 14.4. The monoisotopic (exact) mass is 412 g/mol. The number of nitro groups is 1. The Morgan fingerprint density at radius 3 is 2.47 bits per heavy atom. The van der Waals surface area contributed by atoms with Gasteiger partial charge < -0.3 is 20.3 Å². The van der Waals surface area contributed by atoms with Gasteiger partial charge in [0.2, 0.25) is 0 Å². The molecule has 1 saturated heterocycles. The number of carbonyl (C=O) groups excluding carboxylic acids is 2. The molecule has 2 amide bonds. The number of hydrogen-bond acceptors (Lipinski definition) is 6. The predicted molar refractivity (Wildman–Crippen MR) is 113 cm³/mol. The highest BCUT2D eigenvalue weighted by atomic mass is 16.6. The van der Waals surface area contributed by atoms with Crippen LogP contribution in [0.3, 0.4) is 0 Å². The molecule has 0 radical (unpaired) electrons. The Bertz CT molecular complexity index is 923. The zero-order valence-electron chi connectivity index (χ0n) is 16.7. The van der Waals surface area contributed by atoms with Crippen LogP contribution in [0.1, 0.15) is 11.1 Å². The molecule has 1 aliphatic rings. The van der Waals surface area contributed by atoms with E-state index in [-0.39, 0.29) is 11.4 Å². The van der Waals surface area contributed by atoms with Gasteiger partial charge in [0.15, 0.2) is 0 Å². The molecule has 0 aromatic heterocycles. The van der Waals surface area contributed by atoms with Gasteiger partial charge >= 0.3 is 11.8 Å². The van der Waals surface area contributed by atoms with Crippen molar-refractivity contribution in [2.24, 2.45) is 0 Å². The molecule has 1 heterocycles. The minimum absolute atomic E-state index is 0.156. The molecule has 1 aliphatic heterocycles.